The summed E-state index contributed by atoms with van der Waals surface area (Å²) in [6.07, 6.45) is 0. The second-order valence-electron chi connectivity index (χ2n) is 6.74. The molecule has 0 aliphatic rings. The van der Waals surface area contributed by atoms with Crippen molar-refractivity contribution < 1.29 is 9.47 Å². The average Bonchev–Trinajstić information content (AvgIpc) is 3.38. The molecular formula is C22H22N4O2S2. The third-order valence-electron chi connectivity index (χ3n) is 4.64. The SMILES string of the molecule is COc1ccc(-c2nnc(SCc3csc(-c4cccc(C)c4)n3)n2C)cc1OC. The van der Waals surface area contributed by atoms with Crippen LogP contribution in [0, 0.1) is 6.92 Å². The number of ether oxygens (including phenoxy) is 2. The lowest BCUT2D eigenvalue weighted by atomic mass is 10.1. The summed E-state index contributed by atoms with van der Waals surface area (Å²) in [5, 5.41) is 12.7. The minimum Gasteiger partial charge on any atom is -0.493 e. The molecular weight excluding hydrogens is 416 g/mol. The second-order valence-corrected chi connectivity index (χ2v) is 8.54. The number of benzene rings is 2. The molecule has 0 aliphatic heterocycles. The van der Waals surface area contributed by atoms with E-state index in [1.54, 1.807) is 37.3 Å². The van der Waals surface area contributed by atoms with Gasteiger partial charge in [-0.05, 0) is 31.2 Å². The summed E-state index contributed by atoms with van der Waals surface area (Å²) in [7, 11) is 5.21. The van der Waals surface area contributed by atoms with E-state index in [2.05, 4.69) is 46.8 Å². The van der Waals surface area contributed by atoms with Crippen LogP contribution in [0.5, 0.6) is 11.5 Å². The van der Waals surface area contributed by atoms with Crippen molar-refractivity contribution in [1.82, 2.24) is 19.7 Å². The van der Waals surface area contributed by atoms with Crippen LogP contribution in [0.3, 0.4) is 0 Å². The Balaban J connectivity index is 1.49. The molecule has 0 saturated carbocycles. The summed E-state index contributed by atoms with van der Waals surface area (Å²) in [4.78, 5) is 4.78. The highest BCUT2D eigenvalue weighted by Gasteiger charge is 2.15. The molecule has 0 fully saturated rings. The van der Waals surface area contributed by atoms with E-state index in [0.29, 0.717) is 11.5 Å². The van der Waals surface area contributed by atoms with Crippen LogP contribution in [0.4, 0.5) is 0 Å². The van der Waals surface area contributed by atoms with Crippen molar-refractivity contribution in [2.45, 2.75) is 17.8 Å². The van der Waals surface area contributed by atoms with Gasteiger partial charge in [-0.15, -0.1) is 21.5 Å². The van der Waals surface area contributed by atoms with E-state index in [0.717, 1.165) is 38.6 Å². The van der Waals surface area contributed by atoms with E-state index in [1.807, 2.05) is 29.8 Å². The molecule has 2 aromatic carbocycles. The zero-order chi connectivity index (χ0) is 21.1. The van der Waals surface area contributed by atoms with E-state index in [9.17, 15) is 0 Å². The van der Waals surface area contributed by atoms with E-state index >= 15 is 0 Å². The predicted molar refractivity (Wildman–Crippen MR) is 121 cm³/mol. The number of hydrogen-bond donors (Lipinski definition) is 0. The average molecular weight is 439 g/mol. The Morgan fingerprint density at radius 1 is 1.00 bits per heavy atom. The smallest absolute Gasteiger partial charge is 0.191 e. The first kappa shape index (κ1) is 20.4. The van der Waals surface area contributed by atoms with Crippen LogP contribution in [-0.2, 0) is 12.8 Å². The lowest BCUT2D eigenvalue weighted by molar-refractivity contribution is 0.355. The largest absolute Gasteiger partial charge is 0.493 e. The summed E-state index contributed by atoms with van der Waals surface area (Å²) in [5.74, 6) is 2.86. The number of thioether (sulfide) groups is 1. The van der Waals surface area contributed by atoms with Gasteiger partial charge in [0.25, 0.3) is 0 Å². The summed E-state index contributed by atoms with van der Waals surface area (Å²) >= 11 is 3.29. The van der Waals surface area contributed by atoms with Crippen LogP contribution in [0.25, 0.3) is 22.0 Å². The van der Waals surface area contributed by atoms with Gasteiger partial charge in [-0.25, -0.2) is 4.98 Å². The molecule has 4 rings (SSSR count). The van der Waals surface area contributed by atoms with Gasteiger partial charge in [-0.2, -0.15) is 0 Å². The molecule has 0 saturated heterocycles. The molecule has 0 atom stereocenters. The van der Waals surface area contributed by atoms with Crippen LogP contribution in [0.15, 0.2) is 53.0 Å². The van der Waals surface area contributed by atoms with Crippen LogP contribution in [0.1, 0.15) is 11.3 Å². The molecule has 8 heteroatoms. The summed E-state index contributed by atoms with van der Waals surface area (Å²) in [6, 6.07) is 14.2. The molecule has 0 spiro atoms. The molecule has 2 heterocycles. The number of methoxy groups -OCH3 is 2. The fourth-order valence-corrected chi connectivity index (χ4v) is 4.82. The molecule has 30 heavy (non-hydrogen) atoms. The van der Waals surface area contributed by atoms with Crippen LogP contribution in [-0.4, -0.2) is 34.0 Å². The highest BCUT2D eigenvalue weighted by molar-refractivity contribution is 7.98. The molecule has 154 valence electrons. The summed E-state index contributed by atoms with van der Waals surface area (Å²) in [5.41, 5.74) is 4.35. The highest BCUT2D eigenvalue weighted by atomic mass is 32.2. The van der Waals surface area contributed by atoms with Crippen molar-refractivity contribution >= 4 is 23.1 Å². The zero-order valence-corrected chi connectivity index (χ0v) is 18.9. The third-order valence-corrected chi connectivity index (χ3v) is 6.64. The monoisotopic (exact) mass is 438 g/mol. The molecule has 0 unspecified atom stereocenters. The number of thiazole rings is 1. The topological polar surface area (TPSA) is 62.1 Å². The van der Waals surface area contributed by atoms with E-state index in [4.69, 9.17) is 14.5 Å². The molecule has 0 N–H and O–H groups in total. The number of hydrogen-bond acceptors (Lipinski definition) is 7. The van der Waals surface area contributed by atoms with Crippen molar-refractivity contribution in [3.63, 3.8) is 0 Å². The molecule has 0 amide bonds. The Hall–Kier alpha value is -2.84. The minimum atomic E-state index is 0.665. The molecule has 0 aliphatic carbocycles. The van der Waals surface area contributed by atoms with Crippen molar-refractivity contribution in [2.75, 3.05) is 14.2 Å². The van der Waals surface area contributed by atoms with E-state index in [1.165, 1.54) is 5.56 Å². The number of rotatable bonds is 7. The fourth-order valence-electron chi connectivity index (χ4n) is 3.09. The zero-order valence-electron chi connectivity index (χ0n) is 17.2. The summed E-state index contributed by atoms with van der Waals surface area (Å²) < 4.78 is 12.7. The van der Waals surface area contributed by atoms with Gasteiger partial charge >= 0.3 is 0 Å². The quantitative estimate of drug-likeness (QED) is 0.369. The second kappa shape index (κ2) is 8.89. The van der Waals surface area contributed by atoms with Crippen molar-refractivity contribution in [1.29, 1.82) is 0 Å². The normalized spacial score (nSPS) is 10.9. The number of aryl methyl sites for hydroxylation is 1. The van der Waals surface area contributed by atoms with Gasteiger partial charge in [0.1, 0.15) is 5.01 Å². The van der Waals surface area contributed by atoms with Crippen LogP contribution < -0.4 is 9.47 Å². The molecule has 6 nitrogen and oxygen atoms in total. The van der Waals surface area contributed by atoms with Gasteiger partial charge in [-0.3, -0.25) is 0 Å². The Morgan fingerprint density at radius 3 is 2.60 bits per heavy atom. The van der Waals surface area contributed by atoms with Gasteiger partial charge in [0.2, 0.25) is 0 Å². The number of nitrogens with zero attached hydrogens (tertiary/aromatic N) is 4. The first-order chi connectivity index (χ1) is 14.6. The van der Waals surface area contributed by atoms with Crippen molar-refractivity contribution in [2.24, 2.45) is 7.05 Å². The van der Waals surface area contributed by atoms with Crippen LogP contribution in [0.2, 0.25) is 0 Å². The van der Waals surface area contributed by atoms with Crippen LogP contribution >= 0.6 is 23.1 Å². The van der Waals surface area contributed by atoms with E-state index < -0.39 is 0 Å². The van der Waals surface area contributed by atoms with E-state index in [-0.39, 0.29) is 0 Å². The summed E-state index contributed by atoms with van der Waals surface area (Å²) in [6.45, 7) is 2.10. The fraction of sp³-hybridized carbons (Fsp3) is 0.227. The molecule has 0 bridgehead atoms. The van der Waals surface area contributed by atoms with Crippen molar-refractivity contribution in [3.8, 4) is 33.5 Å². The van der Waals surface area contributed by atoms with Gasteiger partial charge in [0.05, 0.1) is 19.9 Å². The molecule has 2 aromatic heterocycles. The van der Waals surface area contributed by atoms with Gasteiger partial charge < -0.3 is 14.0 Å². The lowest BCUT2D eigenvalue weighted by Gasteiger charge is -2.09. The third kappa shape index (κ3) is 4.20. The Morgan fingerprint density at radius 2 is 1.83 bits per heavy atom. The minimum absolute atomic E-state index is 0.665. The molecule has 0 radical (unpaired) electrons. The standard InChI is InChI=1S/C22H22N4O2S2/c1-14-6-5-7-16(10-14)21-23-17(12-29-21)13-30-22-25-24-20(26(22)2)15-8-9-18(27-3)19(11-15)28-4/h5-12H,13H2,1-4H3. The maximum absolute atomic E-state index is 5.40. The van der Waals surface area contributed by atoms with Gasteiger partial charge in [0.15, 0.2) is 22.5 Å². The van der Waals surface area contributed by atoms with Gasteiger partial charge in [0, 0.05) is 29.3 Å². The van der Waals surface area contributed by atoms with Gasteiger partial charge in [-0.1, -0.05) is 35.5 Å². The maximum Gasteiger partial charge on any atom is 0.191 e. The van der Waals surface area contributed by atoms with Crippen molar-refractivity contribution in [3.05, 3.63) is 59.1 Å². The predicted octanol–water partition coefficient (Wildman–Crippen LogP) is 5.22. The first-order valence-corrected chi connectivity index (χ1v) is 11.2. The Bertz CT molecular complexity index is 1170. The first-order valence-electron chi connectivity index (χ1n) is 9.35. The Labute approximate surface area is 183 Å². The maximum atomic E-state index is 5.40. The molecule has 4 aromatic rings. The Kier molecular flexibility index (Phi) is 6.06. The lowest BCUT2D eigenvalue weighted by Crippen LogP contribution is -1.96. The number of aromatic nitrogens is 4. The highest BCUT2D eigenvalue weighted by Crippen LogP contribution is 2.33.